The van der Waals surface area contributed by atoms with Crippen molar-refractivity contribution in [2.75, 3.05) is 20.8 Å². The number of carbonyl (C=O) groups excluding carboxylic acids is 1. The van der Waals surface area contributed by atoms with E-state index in [1.54, 1.807) is 18.2 Å². The van der Waals surface area contributed by atoms with E-state index in [1.807, 2.05) is 19.1 Å². The molecule has 132 valence electrons. The van der Waals surface area contributed by atoms with Gasteiger partial charge in [-0.25, -0.2) is 0 Å². The minimum absolute atomic E-state index is 0.0669. The normalized spacial score (nSPS) is 10.2. The van der Waals surface area contributed by atoms with Crippen LogP contribution in [0.1, 0.15) is 21.5 Å². The Bertz CT molecular complexity index is 789. The number of nitrogens with zero attached hydrogens (tertiary/aromatic N) is 1. The van der Waals surface area contributed by atoms with Crippen LogP contribution in [0.15, 0.2) is 36.4 Å². The zero-order valence-corrected chi connectivity index (χ0v) is 14.4. The molecule has 0 unspecified atom stereocenters. The van der Waals surface area contributed by atoms with E-state index >= 15 is 0 Å². The van der Waals surface area contributed by atoms with E-state index in [-0.39, 0.29) is 18.1 Å². The summed E-state index contributed by atoms with van der Waals surface area (Å²) in [5, 5.41) is 14.1. The Morgan fingerprint density at radius 2 is 1.80 bits per heavy atom. The predicted octanol–water partition coefficient (Wildman–Crippen LogP) is 2.89. The van der Waals surface area contributed by atoms with E-state index in [1.165, 1.54) is 20.3 Å². The van der Waals surface area contributed by atoms with Gasteiger partial charge < -0.3 is 14.8 Å². The van der Waals surface area contributed by atoms with Crippen LogP contribution in [0.25, 0.3) is 0 Å². The van der Waals surface area contributed by atoms with Gasteiger partial charge in [-0.1, -0.05) is 18.2 Å². The zero-order valence-electron chi connectivity index (χ0n) is 14.4. The van der Waals surface area contributed by atoms with E-state index in [2.05, 4.69) is 5.32 Å². The standard InChI is InChI=1S/C18H20N2O5/c1-12-6-4-5-7-14(12)18(21)19-9-8-13-10-16(24-2)17(25-3)11-15(13)20(22)23/h4-7,10-11H,8-9H2,1-3H3,(H,19,21). The summed E-state index contributed by atoms with van der Waals surface area (Å²) < 4.78 is 10.3. The molecule has 0 aliphatic rings. The van der Waals surface area contributed by atoms with Crippen molar-refractivity contribution in [1.29, 1.82) is 0 Å². The van der Waals surface area contributed by atoms with Crippen LogP contribution in [0.5, 0.6) is 11.5 Å². The Kier molecular flexibility index (Phi) is 5.94. The van der Waals surface area contributed by atoms with Gasteiger partial charge in [0.2, 0.25) is 0 Å². The molecule has 0 saturated carbocycles. The van der Waals surface area contributed by atoms with Crippen LogP contribution in [0.4, 0.5) is 5.69 Å². The molecule has 0 spiro atoms. The van der Waals surface area contributed by atoms with Crippen molar-refractivity contribution < 1.29 is 19.2 Å². The number of benzene rings is 2. The van der Waals surface area contributed by atoms with Crippen LogP contribution < -0.4 is 14.8 Å². The van der Waals surface area contributed by atoms with Gasteiger partial charge in [0.1, 0.15) is 0 Å². The Balaban J connectivity index is 2.13. The van der Waals surface area contributed by atoms with E-state index in [9.17, 15) is 14.9 Å². The van der Waals surface area contributed by atoms with Crippen molar-refractivity contribution in [1.82, 2.24) is 5.32 Å². The Labute approximate surface area is 145 Å². The van der Waals surface area contributed by atoms with E-state index in [0.29, 0.717) is 29.0 Å². The van der Waals surface area contributed by atoms with Gasteiger partial charge in [0.05, 0.1) is 25.2 Å². The molecule has 25 heavy (non-hydrogen) atoms. The fourth-order valence-electron chi connectivity index (χ4n) is 2.51. The molecule has 0 atom stereocenters. The van der Waals surface area contributed by atoms with E-state index < -0.39 is 4.92 Å². The summed E-state index contributed by atoms with van der Waals surface area (Å²) >= 11 is 0. The summed E-state index contributed by atoms with van der Waals surface area (Å²) in [5.74, 6) is 0.497. The molecule has 1 amide bonds. The smallest absolute Gasteiger partial charge is 0.276 e. The Morgan fingerprint density at radius 1 is 1.16 bits per heavy atom. The van der Waals surface area contributed by atoms with Crippen LogP contribution in [-0.2, 0) is 6.42 Å². The second-order valence-electron chi connectivity index (χ2n) is 5.41. The monoisotopic (exact) mass is 344 g/mol. The lowest BCUT2D eigenvalue weighted by Gasteiger charge is -2.11. The minimum atomic E-state index is -0.472. The third-order valence-corrected chi connectivity index (χ3v) is 3.85. The van der Waals surface area contributed by atoms with Crippen molar-refractivity contribution in [2.45, 2.75) is 13.3 Å². The van der Waals surface area contributed by atoms with E-state index in [4.69, 9.17) is 9.47 Å². The maximum absolute atomic E-state index is 12.2. The Hall–Kier alpha value is -3.09. The number of nitro groups is 1. The maximum atomic E-state index is 12.2. The first-order chi connectivity index (χ1) is 12.0. The number of aryl methyl sites for hydroxylation is 1. The lowest BCUT2D eigenvalue weighted by Crippen LogP contribution is -2.26. The number of ether oxygens (including phenoxy) is 2. The third kappa shape index (κ3) is 4.26. The fourth-order valence-corrected chi connectivity index (χ4v) is 2.51. The molecule has 0 fully saturated rings. The first-order valence-electron chi connectivity index (χ1n) is 7.71. The lowest BCUT2D eigenvalue weighted by molar-refractivity contribution is -0.385. The van der Waals surface area contributed by atoms with Crippen LogP contribution in [-0.4, -0.2) is 31.6 Å². The maximum Gasteiger partial charge on any atom is 0.276 e. The zero-order chi connectivity index (χ0) is 18.4. The van der Waals surface area contributed by atoms with Gasteiger partial charge in [-0.15, -0.1) is 0 Å². The van der Waals surface area contributed by atoms with Crippen LogP contribution >= 0.6 is 0 Å². The largest absolute Gasteiger partial charge is 0.493 e. The molecule has 7 heteroatoms. The van der Waals surface area contributed by atoms with Crippen molar-refractivity contribution in [3.63, 3.8) is 0 Å². The van der Waals surface area contributed by atoms with Crippen molar-refractivity contribution in [3.05, 3.63) is 63.2 Å². The summed E-state index contributed by atoms with van der Waals surface area (Å²) in [6.45, 7) is 2.12. The number of nitro benzene ring substituents is 1. The molecule has 2 aromatic carbocycles. The van der Waals surface area contributed by atoms with Gasteiger partial charge in [-0.2, -0.15) is 0 Å². The molecule has 1 N–H and O–H groups in total. The lowest BCUT2D eigenvalue weighted by atomic mass is 10.1. The number of methoxy groups -OCH3 is 2. The molecule has 2 aromatic rings. The van der Waals surface area contributed by atoms with Gasteiger partial charge in [-0.3, -0.25) is 14.9 Å². The first-order valence-corrected chi connectivity index (χ1v) is 7.71. The minimum Gasteiger partial charge on any atom is -0.493 e. The predicted molar refractivity (Wildman–Crippen MR) is 93.4 cm³/mol. The number of nitrogens with one attached hydrogen (secondary N) is 1. The first kappa shape index (κ1) is 18.3. The number of hydrogen-bond donors (Lipinski definition) is 1. The molecular weight excluding hydrogens is 324 g/mol. The molecule has 0 bridgehead atoms. The summed E-state index contributed by atoms with van der Waals surface area (Å²) in [5.41, 5.74) is 1.86. The average molecular weight is 344 g/mol. The molecule has 2 rings (SSSR count). The number of carbonyl (C=O) groups is 1. The van der Waals surface area contributed by atoms with Crippen molar-refractivity contribution in [2.24, 2.45) is 0 Å². The highest BCUT2D eigenvalue weighted by atomic mass is 16.6. The summed E-state index contributed by atoms with van der Waals surface area (Å²) in [6.07, 6.45) is 0.300. The second-order valence-corrected chi connectivity index (χ2v) is 5.41. The van der Waals surface area contributed by atoms with Crippen LogP contribution in [0.2, 0.25) is 0 Å². The molecular formula is C18H20N2O5. The third-order valence-electron chi connectivity index (χ3n) is 3.85. The van der Waals surface area contributed by atoms with Crippen molar-refractivity contribution >= 4 is 11.6 Å². The molecule has 0 heterocycles. The quantitative estimate of drug-likeness (QED) is 0.616. The Morgan fingerprint density at radius 3 is 2.40 bits per heavy atom. The highest BCUT2D eigenvalue weighted by Gasteiger charge is 2.19. The molecule has 0 aliphatic heterocycles. The van der Waals surface area contributed by atoms with E-state index in [0.717, 1.165) is 5.56 Å². The number of rotatable bonds is 7. The highest BCUT2D eigenvalue weighted by Crippen LogP contribution is 2.34. The van der Waals surface area contributed by atoms with Crippen LogP contribution in [0, 0.1) is 17.0 Å². The topological polar surface area (TPSA) is 90.7 Å². The SMILES string of the molecule is COc1cc(CCNC(=O)c2ccccc2C)c([N+](=O)[O-])cc1OC. The molecule has 0 aromatic heterocycles. The van der Waals surface area contributed by atoms with Gasteiger partial charge >= 0.3 is 0 Å². The number of amides is 1. The average Bonchev–Trinajstić information content (AvgIpc) is 2.61. The van der Waals surface area contributed by atoms with Gasteiger partial charge in [0, 0.05) is 17.7 Å². The van der Waals surface area contributed by atoms with Gasteiger partial charge in [0.15, 0.2) is 11.5 Å². The summed E-state index contributed by atoms with van der Waals surface area (Å²) in [7, 11) is 2.89. The molecule has 0 radical (unpaired) electrons. The van der Waals surface area contributed by atoms with Gasteiger partial charge in [-0.05, 0) is 31.0 Å². The fraction of sp³-hybridized carbons (Fsp3) is 0.278. The summed E-state index contributed by atoms with van der Waals surface area (Å²) in [4.78, 5) is 23.0. The second kappa shape index (κ2) is 8.14. The molecule has 0 saturated heterocycles. The molecule has 7 nitrogen and oxygen atoms in total. The van der Waals surface area contributed by atoms with Crippen molar-refractivity contribution in [3.8, 4) is 11.5 Å². The summed E-state index contributed by atoms with van der Waals surface area (Å²) in [6, 6.07) is 10.1. The van der Waals surface area contributed by atoms with Gasteiger partial charge in [0.25, 0.3) is 11.6 Å². The highest BCUT2D eigenvalue weighted by molar-refractivity contribution is 5.95. The number of hydrogen-bond acceptors (Lipinski definition) is 5. The van der Waals surface area contributed by atoms with Crippen LogP contribution in [0.3, 0.4) is 0 Å². The molecule has 0 aliphatic carbocycles.